The number of carbonyl (C=O) groups is 1. The summed E-state index contributed by atoms with van der Waals surface area (Å²) in [6.45, 7) is 1.75. The van der Waals surface area contributed by atoms with E-state index in [2.05, 4.69) is 16.9 Å². The Hall–Kier alpha value is -2.37. The molecule has 0 N–H and O–H groups in total. The number of aromatic nitrogens is 2. The van der Waals surface area contributed by atoms with Crippen LogP contribution in [-0.2, 0) is 11.2 Å². The van der Waals surface area contributed by atoms with Gasteiger partial charge in [0, 0.05) is 23.9 Å². The smallest absolute Gasteiger partial charge is 0.165 e. The highest BCUT2D eigenvalue weighted by Crippen LogP contribution is 2.20. The largest absolute Gasteiger partial charge is 0.490 e. The molecule has 2 atom stereocenters. The third-order valence-electron chi connectivity index (χ3n) is 4.24. The zero-order valence-electron chi connectivity index (χ0n) is 15.6. The van der Waals surface area contributed by atoms with E-state index in [9.17, 15) is 13.6 Å². The molecule has 0 aliphatic carbocycles. The lowest BCUT2D eigenvalue weighted by atomic mass is 10.1. The van der Waals surface area contributed by atoms with Crippen LogP contribution in [-0.4, -0.2) is 35.2 Å². The van der Waals surface area contributed by atoms with E-state index in [1.165, 1.54) is 19.3 Å². The van der Waals surface area contributed by atoms with Crippen LogP contribution in [0.3, 0.4) is 0 Å². The molecule has 1 aromatic heterocycles. The van der Waals surface area contributed by atoms with E-state index < -0.39 is 25.4 Å². The van der Waals surface area contributed by atoms with Crippen molar-refractivity contribution >= 4 is 6.29 Å². The minimum Gasteiger partial charge on any atom is -0.490 e. The maximum atomic E-state index is 13.5. The molecule has 0 bridgehead atoms. The molecular weight excluding hydrogens is 350 g/mol. The number of carbonyl (C=O) groups excluding carboxylic acids is 1. The molecule has 0 fully saturated rings. The minimum absolute atomic E-state index is 0.365. The van der Waals surface area contributed by atoms with E-state index in [0.29, 0.717) is 17.9 Å². The Morgan fingerprint density at radius 3 is 2.56 bits per heavy atom. The number of rotatable bonds is 12. The molecule has 146 valence electrons. The average Bonchev–Trinajstić information content (AvgIpc) is 2.70. The van der Waals surface area contributed by atoms with Crippen LogP contribution in [0.4, 0.5) is 8.78 Å². The van der Waals surface area contributed by atoms with E-state index in [-0.39, 0.29) is 0 Å². The van der Waals surface area contributed by atoms with Crippen LogP contribution < -0.4 is 4.74 Å². The zero-order chi connectivity index (χ0) is 19.5. The summed E-state index contributed by atoms with van der Waals surface area (Å²) in [6, 6.07) is 8.86. The molecule has 1 aromatic carbocycles. The topological polar surface area (TPSA) is 52.1 Å². The second kappa shape index (κ2) is 11.4. The number of alkyl halides is 2. The first-order valence-corrected chi connectivity index (χ1v) is 9.41. The SMILES string of the molecule is CCCCCCc1ccnc(-c2ccc(OC[C@@H](F)[C@H](F)CC=O)cc2)n1. The van der Waals surface area contributed by atoms with Gasteiger partial charge in [0.25, 0.3) is 0 Å². The Labute approximate surface area is 159 Å². The lowest BCUT2D eigenvalue weighted by Crippen LogP contribution is -2.24. The Balaban J connectivity index is 1.91. The lowest BCUT2D eigenvalue weighted by molar-refractivity contribution is -0.109. The van der Waals surface area contributed by atoms with Crippen LogP contribution in [0.15, 0.2) is 36.5 Å². The summed E-state index contributed by atoms with van der Waals surface area (Å²) in [5.74, 6) is 1.06. The maximum absolute atomic E-state index is 13.5. The maximum Gasteiger partial charge on any atom is 0.165 e. The van der Waals surface area contributed by atoms with Gasteiger partial charge in [-0.2, -0.15) is 0 Å². The quantitative estimate of drug-likeness (QED) is 0.390. The van der Waals surface area contributed by atoms with Crippen LogP contribution in [0, 0.1) is 0 Å². The van der Waals surface area contributed by atoms with Crippen LogP contribution in [0.1, 0.15) is 44.7 Å². The summed E-state index contributed by atoms with van der Waals surface area (Å²) < 4.78 is 32.0. The van der Waals surface area contributed by atoms with Crippen molar-refractivity contribution in [1.82, 2.24) is 9.97 Å². The molecular formula is C21H26F2N2O2. The highest BCUT2D eigenvalue weighted by Gasteiger charge is 2.20. The first-order chi connectivity index (χ1) is 13.1. The van der Waals surface area contributed by atoms with Gasteiger partial charge in [-0.1, -0.05) is 26.2 Å². The number of hydrogen-bond donors (Lipinski definition) is 0. The van der Waals surface area contributed by atoms with Gasteiger partial charge in [-0.3, -0.25) is 0 Å². The van der Waals surface area contributed by atoms with Crippen molar-refractivity contribution in [3.05, 3.63) is 42.2 Å². The van der Waals surface area contributed by atoms with Gasteiger partial charge in [0.15, 0.2) is 12.0 Å². The predicted molar refractivity (Wildman–Crippen MR) is 101 cm³/mol. The van der Waals surface area contributed by atoms with Gasteiger partial charge in [-0.05, 0) is 43.2 Å². The number of benzene rings is 1. The van der Waals surface area contributed by atoms with Gasteiger partial charge in [-0.15, -0.1) is 0 Å². The molecule has 0 spiro atoms. The summed E-state index contributed by atoms with van der Waals surface area (Å²) in [6.07, 6.45) is 3.67. The number of aryl methyl sites for hydroxylation is 1. The summed E-state index contributed by atoms with van der Waals surface area (Å²) in [5.41, 5.74) is 1.85. The minimum atomic E-state index is -1.84. The Kier molecular flexibility index (Phi) is 8.81. The standard InChI is InChI=1S/C21H26F2N2O2/c1-2-3-4-5-6-17-11-13-24-21(25-17)16-7-9-18(10-8-16)27-15-20(23)19(22)12-14-26/h7-11,13-14,19-20H,2-6,12,15H2,1H3/t19-,20-/m1/s1. The van der Waals surface area contributed by atoms with Crippen LogP contribution in [0.25, 0.3) is 11.4 Å². The molecule has 2 aromatic rings. The average molecular weight is 376 g/mol. The Morgan fingerprint density at radius 2 is 1.85 bits per heavy atom. The van der Waals surface area contributed by atoms with Gasteiger partial charge in [0.2, 0.25) is 0 Å². The lowest BCUT2D eigenvalue weighted by Gasteiger charge is -2.13. The second-order valence-electron chi connectivity index (χ2n) is 6.45. The third kappa shape index (κ3) is 7.04. The number of aldehydes is 1. The summed E-state index contributed by atoms with van der Waals surface area (Å²) in [7, 11) is 0. The number of hydrogen-bond acceptors (Lipinski definition) is 4. The van der Waals surface area contributed by atoms with Crippen molar-refractivity contribution in [1.29, 1.82) is 0 Å². The number of halogens is 2. The molecule has 0 aliphatic heterocycles. The van der Waals surface area contributed by atoms with Gasteiger partial charge in [-0.25, -0.2) is 18.7 Å². The van der Waals surface area contributed by atoms with Crippen molar-refractivity contribution in [2.75, 3.05) is 6.61 Å². The fourth-order valence-electron chi connectivity index (χ4n) is 2.63. The second-order valence-corrected chi connectivity index (χ2v) is 6.45. The molecule has 27 heavy (non-hydrogen) atoms. The van der Waals surface area contributed by atoms with E-state index in [1.807, 2.05) is 6.07 Å². The highest BCUT2D eigenvalue weighted by atomic mass is 19.2. The van der Waals surface area contributed by atoms with Gasteiger partial charge >= 0.3 is 0 Å². The number of ether oxygens (including phenoxy) is 1. The Bertz CT molecular complexity index is 695. The van der Waals surface area contributed by atoms with Crippen LogP contribution in [0.5, 0.6) is 5.75 Å². The first kappa shape index (κ1) is 20.9. The van der Waals surface area contributed by atoms with E-state index in [1.54, 1.807) is 30.5 Å². The molecule has 0 aliphatic rings. The first-order valence-electron chi connectivity index (χ1n) is 9.41. The van der Waals surface area contributed by atoms with Crippen molar-refractivity contribution in [2.45, 2.75) is 57.8 Å². The molecule has 0 radical (unpaired) electrons. The fourth-order valence-corrected chi connectivity index (χ4v) is 2.63. The third-order valence-corrected chi connectivity index (χ3v) is 4.24. The monoisotopic (exact) mass is 376 g/mol. The summed E-state index contributed by atoms with van der Waals surface area (Å²) in [4.78, 5) is 19.1. The van der Waals surface area contributed by atoms with E-state index in [4.69, 9.17) is 4.74 Å². The molecule has 2 rings (SSSR count). The molecule has 6 heteroatoms. The number of unbranched alkanes of at least 4 members (excludes halogenated alkanes) is 3. The Morgan fingerprint density at radius 1 is 1.07 bits per heavy atom. The van der Waals surface area contributed by atoms with Crippen LogP contribution >= 0.6 is 0 Å². The molecule has 0 saturated carbocycles. The van der Waals surface area contributed by atoms with Crippen LogP contribution in [0.2, 0.25) is 0 Å². The highest BCUT2D eigenvalue weighted by molar-refractivity contribution is 5.56. The van der Waals surface area contributed by atoms with Gasteiger partial charge in [0.05, 0.1) is 0 Å². The van der Waals surface area contributed by atoms with E-state index in [0.717, 1.165) is 24.1 Å². The van der Waals surface area contributed by atoms with Crippen molar-refractivity contribution < 1.29 is 18.3 Å². The molecule has 4 nitrogen and oxygen atoms in total. The van der Waals surface area contributed by atoms with Gasteiger partial charge < -0.3 is 9.53 Å². The van der Waals surface area contributed by atoms with E-state index >= 15 is 0 Å². The normalized spacial score (nSPS) is 13.1. The predicted octanol–water partition coefficient (Wildman–Crippen LogP) is 4.91. The van der Waals surface area contributed by atoms with Crippen molar-refractivity contribution in [2.24, 2.45) is 0 Å². The molecule has 0 saturated heterocycles. The molecule has 0 unspecified atom stereocenters. The van der Waals surface area contributed by atoms with Crippen molar-refractivity contribution in [3.63, 3.8) is 0 Å². The molecule has 0 amide bonds. The number of nitrogens with zero attached hydrogens (tertiary/aromatic N) is 2. The summed E-state index contributed by atoms with van der Waals surface area (Å²) in [5, 5.41) is 0. The zero-order valence-corrected chi connectivity index (χ0v) is 15.6. The molecule has 1 heterocycles. The van der Waals surface area contributed by atoms with Crippen molar-refractivity contribution in [3.8, 4) is 17.1 Å². The fraction of sp³-hybridized carbons (Fsp3) is 0.476. The summed E-state index contributed by atoms with van der Waals surface area (Å²) >= 11 is 0. The van der Waals surface area contributed by atoms with Gasteiger partial charge in [0.1, 0.15) is 24.8 Å².